The molecule has 20 heavy (non-hydrogen) atoms. The van der Waals surface area contributed by atoms with E-state index in [1.54, 1.807) is 0 Å². The van der Waals surface area contributed by atoms with Gasteiger partial charge in [0.15, 0.2) is 6.29 Å². The minimum Gasteiger partial charge on any atom is -0.463 e. The lowest BCUT2D eigenvalue weighted by atomic mass is 9.96. The van der Waals surface area contributed by atoms with Crippen LogP contribution in [-0.2, 0) is 28.5 Å². The van der Waals surface area contributed by atoms with Crippen molar-refractivity contribution in [2.45, 2.75) is 44.5 Å². The second kappa shape index (κ2) is 7.53. The van der Waals surface area contributed by atoms with Crippen LogP contribution in [-0.4, -0.2) is 68.5 Å². The molecule has 0 spiro atoms. The van der Waals surface area contributed by atoms with Crippen LogP contribution >= 0.6 is 0 Å². The summed E-state index contributed by atoms with van der Waals surface area (Å²) in [6, 6.07) is -0.768. The van der Waals surface area contributed by atoms with Gasteiger partial charge in [-0.2, -0.15) is 0 Å². The van der Waals surface area contributed by atoms with E-state index in [4.69, 9.17) is 18.9 Å². The molecule has 1 saturated heterocycles. The highest BCUT2D eigenvalue weighted by atomic mass is 16.7. The zero-order chi connectivity index (χ0) is 15.3. The summed E-state index contributed by atoms with van der Waals surface area (Å²) in [4.78, 5) is 22.0. The van der Waals surface area contributed by atoms with Gasteiger partial charge >= 0.3 is 5.97 Å². The van der Waals surface area contributed by atoms with Crippen molar-refractivity contribution >= 4 is 11.9 Å². The van der Waals surface area contributed by atoms with Gasteiger partial charge in [0.1, 0.15) is 31.0 Å². The van der Waals surface area contributed by atoms with Crippen molar-refractivity contribution in [3.8, 4) is 0 Å². The number of carbonyl (C=O) groups excluding carboxylic acids is 2. The molecule has 1 rings (SSSR count). The van der Waals surface area contributed by atoms with Crippen molar-refractivity contribution in [3.05, 3.63) is 0 Å². The third-order valence-corrected chi connectivity index (χ3v) is 3.03. The highest BCUT2D eigenvalue weighted by Crippen LogP contribution is 2.24. The van der Waals surface area contributed by atoms with Gasteiger partial charge in [0, 0.05) is 28.1 Å². The van der Waals surface area contributed by atoms with Gasteiger partial charge in [0.2, 0.25) is 5.91 Å². The van der Waals surface area contributed by atoms with Crippen molar-refractivity contribution in [2.75, 3.05) is 20.8 Å². The average molecular weight is 291 g/mol. The van der Waals surface area contributed by atoms with Crippen molar-refractivity contribution < 1.29 is 33.6 Å². The maximum atomic E-state index is 11.2. The number of aliphatic hydroxyl groups excluding tert-OH is 1. The summed E-state index contributed by atoms with van der Waals surface area (Å²) in [5, 5.41) is 12.5. The monoisotopic (exact) mass is 291 g/mol. The largest absolute Gasteiger partial charge is 0.463 e. The van der Waals surface area contributed by atoms with E-state index in [9.17, 15) is 14.7 Å². The topological polar surface area (TPSA) is 103 Å². The molecule has 1 fully saturated rings. The van der Waals surface area contributed by atoms with Gasteiger partial charge < -0.3 is 29.4 Å². The Bertz CT molecular complexity index is 349. The molecule has 1 amide bonds. The molecule has 116 valence electrons. The Kier molecular flexibility index (Phi) is 6.34. The fourth-order valence-electron chi connectivity index (χ4n) is 2.21. The van der Waals surface area contributed by atoms with Crippen LogP contribution < -0.4 is 5.32 Å². The van der Waals surface area contributed by atoms with E-state index < -0.39 is 36.6 Å². The van der Waals surface area contributed by atoms with E-state index in [2.05, 4.69) is 5.32 Å². The molecule has 1 aliphatic rings. The number of rotatable bonds is 5. The normalized spacial score (nSPS) is 33.5. The Morgan fingerprint density at radius 1 is 1.20 bits per heavy atom. The van der Waals surface area contributed by atoms with Gasteiger partial charge in [-0.05, 0) is 0 Å². The smallest absolute Gasteiger partial charge is 0.302 e. The average Bonchev–Trinajstić information content (AvgIpc) is 2.37. The van der Waals surface area contributed by atoms with Crippen LogP contribution in [0, 0.1) is 0 Å². The van der Waals surface area contributed by atoms with Gasteiger partial charge in [0.25, 0.3) is 0 Å². The van der Waals surface area contributed by atoms with E-state index in [0.29, 0.717) is 0 Å². The Morgan fingerprint density at radius 2 is 1.80 bits per heavy atom. The van der Waals surface area contributed by atoms with Gasteiger partial charge in [-0.3, -0.25) is 9.59 Å². The van der Waals surface area contributed by atoms with Gasteiger partial charge in [0.05, 0.1) is 0 Å². The van der Waals surface area contributed by atoms with Crippen LogP contribution in [0.15, 0.2) is 0 Å². The number of carbonyl (C=O) groups is 2. The van der Waals surface area contributed by atoms with Gasteiger partial charge in [-0.1, -0.05) is 0 Å². The molecular weight excluding hydrogens is 270 g/mol. The third-order valence-electron chi connectivity index (χ3n) is 3.03. The number of hydrogen-bond acceptors (Lipinski definition) is 7. The summed E-state index contributed by atoms with van der Waals surface area (Å²) in [5.41, 5.74) is 0. The fourth-order valence-corrected chi connectivity index (χ4v) is 2.21. The quantitative estimate of drug-likeness (QED) is 0.613. The predicted molar refractivity (Wildman–Crippen MR) is 66.7 cm³/mol. The maximum Gasteiger partial charge on any atom is 0.302 e. The predicted octanol–water partition coefficient (Wildman–Crippen LogP) is -1.20. The van der Waals surface area contributed by atoms with E-state index in [0.717, 1.165) is 0 Å². The summed E-state index contributed by atoms with van der Waals surface area (Å²) in [7, 11) is 2.88. The summed E-state index contributed by atoms with van der Waals surface area (Å²) < 4.78 is 20.8. The van der Waals surface area contributed by atoms with Gasteiger partial charge in [-0.15, -0.1) is 0 Å². The molecule has 0 bridgehead atoms. The molecule has 1 aliphatic heterocycles. The minimum absolute atomic E-state index is 0.0719. The Balaban J connectivity index is 2.83. The van der Waals surface area contributed by atoms with Crippen molar-refractivity contribution in [1.82, 2.24) is 5.32 Å². The second-order valence-corrected chi connectivity index (χ2v) is 4.49. The first-order chi connectivity index (χ1) is 9.40. The first-order valence-corrected chi connectivity index (χ1v) is 6.20. The van der Waals surface area contributed by atoms with E-state index >= 15 is 0 Å². The number of amides is 1. The molecule has 0 aromatic carbocycles. The molecular formula is C12H21NO7. The van der Waals surface area contributed by atoms with Crippen molar-refractivity contribution in [1.29, 1.82) is 0 Å². The molecule has 0 unspecified atom stereocenters. The highest BCUT2D eigenvalue weighted by Gasteiger charge is 2.46. The van der Waals surface area contributed by atoms with Gasteiger partial charge in [-0.25, -0.2) is 0 Å². The Hall–Kier alpha value is -1.22. The summed E-state index contributed by atoms with van der Waals surface area (Å²) in [5.74, 6) is -0.788. The molecule has 8 nitrogen and oxygen atoms in total. The molecule has 1 heterocycles. The number of aliphatic hydroxyl groups is 1. The number of methoxy groups -OCH3 is 2. The van der Waals surface area contributed by atoms with Crippen LogP contribution in [0.3, 0.4) is 0 Å². The zero-order valence-electron chi connectivity index (χ0n) is 12.0. The number of hydrogen-bond donors (Lipinski definition) is 2. The Labute approximate surface area is 117 Å². The molecule has 8 heteroatoms. The molecule has 2 N–H and O–H groups in total. The summed E-state index contributed by atoms with van der Waals surface area (Å²) in [6.45, 7) is 2.53. The van der Waals surface area contributed by atoms with Crippen LogP contribution in [0.25, 0.3) is 0 Å². The van der Waals surface area contributed by atoms with E-state index in [1.807, 2.05) is 0 Å². The lowest BCUT2D eigenvalue weighted by Gasteiger charge is -2.43. The molecule has 0 radical (unpaired) electrons. The van der Waals surface area contributed by atoms with Crippen LogP contribution in [0.1, 0.15) is 13.8 Å². The minimum atomic E-state index is -1.28. The van der Waals surface area contributed by atoms with Crippen LogP contribution in [0.4, 0.5) is 0 Å². The highest BCUT2D eigenvalue weighted by molar-refractivity contribution is 5.73. The van der Waals surface area contributed by atoms with Crippen molar-refractivity contribution in [2.24, 2.45) is 0 Å². The summed E-state index contributed by atoms with van der Waals surface area (Å²) >= 11 is 0. The molecule has 0 aromatic heterocycles. The molecule has 0 aromatic rings. The molecule has 0 aliphatic carbocycles. The molecule has 5 atom stereocenters. The zero-order valence-corrected chi connectivity index (χ0v) is 12.0. The van der Waals surface area contributed by atoms with Crippen LogP contribution in [0.2, 0.25) is 0 Å². The number of esters is 1. The summed E-state index contributed by atoms with van der Waals surface area (Å²) in [6.07, 6.45) is -3.20. The van der Waals surface area contributed by atoms with E-state index in [1.165, 1.54) is 28.1 Å². The second-order valence-electron chi connectivity index (χ2n) is 4.49. The van der Waals surface area contributed by atoms with Crippen molar-refractivity contribution in [3.63, 3.8) is 0 Å². The SMILES string of the molecule is CO[C@@H]1[C@@H](NC(C)=O)[C@@H](O)O[C@H](COC(C)=O)[C@H]1OC. The lowest BCUT2D eigenvalue weighted by molar-refractivity contribution is -0.264. The first kappa shape index (κ1) is 16.8. The number of nitrogens with one attached hydrogen (secondary N) is 1. The van der Waals surface area contributed by atoms with Crippen LogP contribution in [0.5, 0.6) is 0 Å². The number of ether oxygens (including phenoxy) is 4. The first-order valence-electron chi connectivity index (χ1n) is 6.20. The third kappa shape index (κ3) is 4.14. The molecule has 0 saturated carbocycles. The fraction of sp³-hybridized carbons (Fsp3) is 0.833. The standard InChI is InChI=1S/C12H21NO7/c1-6(14)13-9-11(18-4)10(17-3)8(20-12(9)16)5-19-7(2)15/h8-12,16H,5H2,1-4H3,(H,13,14)/t8-,9-,10-,11-,12+/m1/s1. The maximum absolute atomic E-state index is 11.2. The van der Waals surface area contributed by atoms with E-state index in [-0.39, 0.29) is 12.5 Å². The Morgan fingerprint density at radius 3 is 2.25 bits per heavy atom. The lowest BCUT2D eigenvalue weighted by Crippen LogP contribution is -2.65.